The lowest BCUT2D eigenvalue weighted by atomic mass is 10.4. The third-order valence-corrected chi connectivity index (χ3v) is 2.01. The van der Waals surface area contributed by atoms with Crippen molar-refractivity contribution in [2.45, 2.75) is 0 Å². The fraction of sp³-hybridized carbons (Fsp3) is 0.375. The summed E-state index contributed by atoms with van der Waals surface area (Å²) in [5.41, 5.74) is 0. The highest BCUT2D eigenvalue weighted by Crippen LogP contribution is 2.07. The molecule has 0 saturated heterocycles. The summed E-state index contributed by atoms with van der Waals surface area (Å²) in [6.45, 7) is 1.50. The molecule has 0 atom stereocenters. The number of hydrogen-bond acceptors (Lipinski definition) is 3. The number of aromatic nitrogens is 1. The molecule has 3 nitrogen and oxygen atoms in total. The van der Waals surface area contributed by atoms with E-state index in [0.717, 1.165) is 12.4 Å². The maximum Gasteiger partial charge on any atom is 0.127 e. The number of methoxy groups -OCH3 is 1. The number of nitrogens with zero attached hydrogens (tertiary/aromatic N) is 1. The predicted octanol–water partition coefficient (Wildman–Crippen LogP) is 1.74. The van der Waals surface area contributed by atoms with Crippen molar-refractivity contribution < 1.29 is 4.74 Å². The smallest absolute Gasteiger partial charge is 0.127 e. The first-order chi connectivity index (χ1) is 5.83. The number of ether oxygens (including phenoxy) is 1. The van der Waals surface area contributed by atoms with Gasteiger partial charge in [-0.15, -0.1) is 0 Å². The summed E-state index contributed by atoms with van der Waals surface area (Å²) in [6, 6.07) is 3.96. The van der Waals surface area contributed by atoms with E-state index >= 15 is 0 Å². The molecule has 0 saturated carbocycles. The Bertz CT molecular complexity index is 242. The van der Waals surface area contributed by atoms with Crippen LogP contribution in [0.25, 0.3) is 0 Å². The number of anilines is 1. The van der Waals surface area contributed by atoms with Crippen molar-refractivity contribution in [1.82, 2.24) is 4.98 Å². The Morgan fingerprint density at radius 2 is 2.50 bits per heavy atom. The van der Waals surface area contributed by atoms with Crippen LogP contribution < -0.4 is 5.32 Å². The minimum absolute atomic E-state index is 0.702. The quantitative estimate of drug-likeness (QED) is 0.673. The van der Waals surface area contributed by atoms with Crippen LogP contribution in [-0.2, 0) is 4.74 Å². The molecule has 1 heterocycles. The molecule has 0 fully saturated rings. The monoisotopic (exact) mass is 278 g/mol. The summed E-state index contributed by atoms with van der Waals surface area (Å²) < 4.78 is 6.08. The first kappa shape index (κ1) is 9.73. The summed E-state index contributed by atoms with van der Waals surface area (Å²) in [4.78, 5) is 4.14. The van der Waals surface area contributed by atoms with E-state index in [1.54, 1.807) is 13.3 Å². The molecule has 0 aliphatic heterocycles. The van der Waals surface area contributed by atoms with Gasteiger partial charge >= 0.3 is 0 Å². The summed E-state index contributed by atoms with van der Waals surface area (Å²) in [5, 5.41) is 3.15. The molecule has 4 heteroatoms. The maximum absolute atomic E-state index is 4.90. The topological polar surface area (TPSA) is 34.1 Å². The van der Waals surface area contributed by atoms with Crippen LogP contribution >= 0.6 is 22.6 Å². The molecule has 1 aromatic heterocycles. The van der Waals surface area contributed by atoms with Gasteiger partial charge < -0.3 is 10.1 Å². The van der Waals surface area contributed by atoms with E-state index in [4.69, 9.17) is 4.74 Å². The Kier molecular flexibility index (Phi) is 4.31. The maximum atomic E-state index is 4.90. The highest BCUT2D eigenvalue weighted by Gasteiger charge is 1.92. The Hall–Kier alpha value is -0.360. The first-order valence-corrected chi connectivity index (χ1v) is 4.75. The van der Waals surface area contributed by atoms with Gasteiger partial charge in [0.05, 0.1) is 6.61 Å². The van der Waals surface area contributed by atoms with Gasteiger partial charge in [0, 0.05) is 23.4 Å². The van der Waals surface area contributed by atoms with Crippen molar-refractivity contribution in [3.63, 3.8) is 0 Å². The van der Waals surface area contributed by atoms with E-state index in [9.17, 15) is 0 Å². The van der Waals surface area contributed by atoms with Crippen LogP contribution in [0.3, 0.4) is 0 Å². The second-order valence-electron chi connectivity index (χ2n) is 2.28. The summed E-state index contributed by atoms with van der Waals surface area (Å²) >= 11 is 2.26. The van der Waals surface area contributed by atoms with Crippen molar-refractivity contribution in [3.8, 4) is 0 Å². The Balaban J connectivity index is 2.41. The molecule has 0 radical (unpaired) electrons. The fourth-order valence-corrected chi connectivity index (χ4v) is 1.24. The van der Waals surface area contributed by atoms with Gasteiger partial charge in [-0.25, -0.2) is 4.98 Å². The van der Waals surface area contributed by atoms with Crippen molar-refractivity contribution in [1.29, 1.82) is 0 Å². The van der Waals surface area contributed by atoms with E-state index in [0.29, 0.717) is 6.61 Å². The standard InChI is InChI=1S/C8H11IN2O/c1-12-5-4-11-8-6-7(9)2-3-10-8/h2-3,6H,4-5H2,1H3,(H,10,11). The highest BCUT2D eigenvalue weighted by molar-refractivity contribution is 14.1. The second kappa shape index (κ2) is 5.31. The van der Waals surface area contributed by atoms with Gasteiger partial charge in [-0.05, 0) is 34.7 Å². The van der Waals surface area contributed by atoms with Gasteiger partial charge in [0.1, 0.15) is 5.82 Å². The van der Waals surface area contributed by atoms with E-state index in [1.807, 2.05) is 12.1 Å². The first-order valence-electron chi connectivity index (χ1n) is 3.67. The Labute approximate surface area is 85.7 Å². The SMILES string of the molecule is COCCNc1cc(I)ccn1. The lowest BCUT2D eigenvalue weighted by molar-refractivity contribution is 0.210. The zero-order chi connectivity index (χ0) is 8.81. The van der Waals surface area contributed by atoms with E-state index in [1.165, 1.54) is 3.57 Å². The molecule has 0 unspecified atom stereocenters. The third kappa shape index (κ3) is 3.36. The Morgan fingerprint density at radius 3 is 3.17 bits per heavy atom. The molecule has 0 aliphatic carbocycles. The second-order valence-corrected chi connectivity index (χ2v) is 3.52. The lowest BCUT2D eigenvalue weighted by Gasteiger charge is -2.03. The number of hydrogen-bond donors (Lipinski definition) is 1. The normalized spacial score (nSPS) is 9.83. The largest absolute Gasteiger partial charge is 0.383 e. The fourth-order valence-electron chi connectivity index (χ4n) is 0.783. The molecular formula is C8H11IN2O. The summed E-state index contributed by atoms with van der Waals surface area (Å²) in [6.07, 6.45) is 1.79. The van der Waals surface area contributed by atoms with Crippen molar-refractivity contribution in [2.75, 3.05) is 25.6 Å². The molecule has 0 spiro atoms. The molecule has 12 heavy (non-hydrogen) atoms. The highest BCUT2D eigenvalue weighted by atomic mass is 127. The molecule has 1 rings (SSSR count). The van der Waals surface area contributed by atoms with Crippen LogP contribution in [0.15, 0.2) is 18.3 Å². The van der Waals surface area contributed by atoms with Gasteiger partial charge in [-0.1, -0.05) is 0 Å². The molecule has 0 bridgehead atoms. The van der Waals surface area contributed by atoms with Gasteiger partial charge in [0.15, 0.2) is 0 Å². The molecule has 1 N–H and O–H groups in total. The van der Waals surface area contributed by atoms with Gasteiger partial charge in [0.25, 0.3) is 0 Å². The minimum atomic E-state index is 0.702. The van der Waals surface area contributed by atoms with Crippen LogP contribution in [0.1, 0.15) is 0 Å². The number of halogens is 1. The lowest BCUT2D eigenvalue weighted by Crippen LogP contribution is -2.08. The third-order valence-electron chi connectivity index (χ3n) is 1.33. The minimum Gasteiger partial charge on any atom is -0.383 e. The van der Waals surface area contributed by atoms with E-state index in [-0.39, 0.29) is 0 Å². The van der Waals surface area contributed by atoms with Gasteiger partial charge in [-0.2, -0.15) is 0 Å². The van der Waals surface area contributed by atoms with Gasteiger partial charge in [-0.3, -0.25) is 0 Å². The number of pyridine rings is 1. The van der Waals surface area contributed by atoms with E-state index < -0.39 is 0 Å². The zero-order valence-corrected chi connectivity index (χ0v) is 9.04. The van der Waals surface area contributed by atoms with Crippen molar-refractivity contribution in [2.24, 2.45) is 0 Å². The average Bonchev–Trinajstić information content (AvgIpc) is 2.05. The molecule has 0 amide bonds. The van der Waals surface area contributed by atoms with E-state index in [2.05, 4.69) is 32.9 Å². The molecule has 1 aromatic rings. The summed E-state index contributed by atoms with van der Waals surface area (Å²) in [7, 11) is 1.68. The van der Waals surface area contributed by atoms with Crippen LogP contribution in [0.4, 0.5) is 5.82 Å². The van der Waals surface area contributed by atoms with Gasteiger partial charge in [0.2, 0.25) is 0 Å². The zero-order valence-electron chi connectivity index (χ0n) is 6.88. The van der Waals surface area contributed by atoms with Crippen LogP contribution in [-0.4, -0.2) is 25.2 Å². The summed E-state index contributed by atoms with van der Waals surface area (Å²) in [5.74, 6) is 0.902. The van der Waals surface area contributed by atoms with Crippen molar-refractivity contribution >= 4 is 28.4 Å². The molecular weight excluding hydrogens is 267 g/mol. The predicted molar refractivity (Wildman–Crippen MR) is 57.3 cm³/mol. The molecule has 66 valence electrons. The average molecular weight is 278 g/mol. The van der Waals surface area contributed by atoms with Crippen molar-refractivity contribution in [3.05, 3.63) is 21.9 Å². The number of nitrogens with one attached hydrogen (secondary N) is 1. The van der Waals surface area contributed by atoms with Crippen LogP contribution in [0.5, 0.6) is 0 Å². The Morgan fingerprint density at radius 1 is 1.67 bits per heavy atom. The number of rotatable bonds is 4. The van der Waals surface area contributed by atoms with Crippen LogP contribution in [0.2, 0.25) is 0 Å². The molecule has 0 aliphatic rings. The van der Waals surface area contributed by atoms with Crippen LogP contribution in [0, 0.1) is 3.57 Å². The molecule has 0 aromatic carbocycles.